The number of anilines is 1. The summed E-state index contributed by atoms with van der Waals surface area (Å²) in [6.45, 7) is 3.47. The molecule has 132 valence electrons. The number of carbonyl (C=O) groups excluding carboxylic acids is 2. The maximum Gasteiger partial charge on any atom is 0.339 e. The van der Waals surface area contributed by atoms with Crippen LogP contribution in [0.1, 0.15) is 22.8 Å². The molecule has 0 aliphatic carbocycles. The molecular weight excluding hydrogens is 322 g/mol. The minimum Gasteiger partial charge on any atom is -0.493 e. The maximum atomic E-state index is 12.2. The lowest BCUT2D eigenvalue weighted by molar-refractivity contribution is -0.123. The van der Waals surface area contributed by atoms with Gasteiger partial charge in [-0.3, -0.25) is 4.79 Å². The van der Waals surface area contributed by atoms with Crippen molar-refractivity contribution in [3.63, 3.8) is 0 Å². The number of aryl methyl sites for hydroxylation is 1. The lowest BCUT2D eigenvalue weighted by Crippen LogP contribution is -2.30. The molecule has 1 N–H and O–H groups in total. The van der Waals surface area contributed by atoms with Gasteiger partial charge in [-0.05, 0) is 44.2 Å². The van der Waals surface area contributed by atoms with Crippen molar-refractivity contribution in [1.29, 1.82) is 0 Å². The van der Waals surface area contributed by atoms with E-state index in [1.807, 2.05) is 19.1 Å². The molecule has 0 saturated carbocycles. The van der Waals surface area contributed by atoms with Gasteiger partial charge >= 0.3 is 5.97 Å². The van der Waals surface area contributed by atoms with Gasteiger partial charge in [-0.1, -0.05) is 17.7 Å². The van der Waals surface area contributed by atoms with Crippen LogP contribution in [0.25, 0.3) is 0 Å². The van der Waals surface area contributed by atoms with E-state index in [9.17, 15) is 9.59 Å². The van der Waals surface area contributed by atoms with E-state index in [1.165, 1.54) is 27.2 Å². The Kier molecular flexibility index (Phi) is 6.00. The number of hydrogen-bond acceptors (Lipinski definition) is 5. The number of ether oxygens (including phenoxy) is 3. The molecule has 0 saturated heterocycles. The fraction of sp³-hybridized carbons (Fsp3) is 0.263. The second-order valence-corrected chi connectivity index (χ2v) is 5.47. The zero-order chi connectivity index (χ0) is 18.4. The molecule has 0 aliphatic heterocycles. The first-order valence-corrected chi connectivity index (χ1v) is 7.75. The van der Waals surface area contributed by atoms with E-state index in [0.29, 0.717) is 17.2 Å². The number of carbonyl (C=O) groups is 2. The molecule has 2 aromatic carbocycles. The van der Waals surface area contributed by atoms with Crippen molar-refractivity contribution in [2.24, 2.45) is 0 Å². The molecule has 0 heterocycles. The fourth-order valence-corrected chi connectivity index (χ4v) is 2.13. The topological polar surface area (TPSA) is 73.9 Å². The van der Waals surface area contributed by atoms with E-state index in [2.05, 4.69) is 5.32 Å². The summed E-state index contributed by atoms with van der Waals surface area (Å²) in [5, 5.41) is 2.71. The third-order valence-corrected chi connectivity index (χ3v) is 3.59. The van der Waals surface area contributed by atoms with Gasteiger partial charge in [0.1, 0.15) is 0 Å². The summed E-state index contributed by atoms with van der Waals surface area (Å²) in [5.41, 5.74) is 2.00. The third kappa shape index (κ3) is 4.73. The molecule has 2 aromatic rings. The summed E-state index contributed by atoms with van der Waals surface area (Å²) in [6.07, 6.45) is -0.943. The van der Waals surface area contributed by atoms with Crippen LogP contribution in [-0.2, 0) is 9.53 Å². The van der Waals surface area contributed by atoms with Crippen LogP contribution in [0.2, 0.25) is 0 Å². The monoisotopic (exact) mass is 343 g/mol. The van der Waals surface area contributed by atoms with Crippen molar-refractivity contribution in [2.45, 2.75) is 20.0 Å². The van der Waals surface area contributed by atoms with E-state index in [4.69, 9.17) is 14.2 Å². The summed E-state index contributed by atoms with van der Waals surface area (Å²) in [6, 6.07) is 12.0. The van der Waals surface area contributed by atoms with Crippen molar-refractivity contribution < 1.29 is 23.8 Å². The second kappa shape index (κ2) is 8.19. The lowest BCUT2D eigenvalue weighted by atomic mass is 10.2. The number of amides is 1. The van der Waals surface area contributed by atoms with Crippen molar-refractivity contribution in [3.8, 4) is 11.5 Å². The van der Waals surface area contributed by atoms with Crippen molar-refractivity contribution in [1.82, 2.24) is 0 Å². The highest BCUT2D eigenvalue weighted by Gasteiger charge is 2.20. The van der Waals surface area contributed by atoms with Crippen LogP contribution in [0.4, 0.5) is 5.69 Å². The molecule has 0 radical (unpaired) electrons. The van der Waals surface area contributed by atoms with Gasteiger partial charge in [0.15, 0.2) is 17.6 Å². The molecule has 1 amide bonds. The minimum atomic E-state index is -0.943. The highest BCUT2D eigenvalue weighted by atomic mass is 16.5. The molecule has 6 nitrogen and oxygen atoms in total. The van der Waals surface area contributed by atoms with Gasteiger partial charge in [-0.25, -0.2) is 4.79 Å². The van der Waals surface area contributed by atoms with Crippen molar-refractivity contribution in [2.75, 3.05) is 19.5 Å². The average Bonchev–Trinajstić information content (AvgIpc) is 2.62. The van der Waals surface area contributed by atoms with Crippen LogP contribution < -0.4 is 14.8 Å². The Hall–Kier alpha value is -3.02. The molecule has 6 heteroatoms. The first kappa shape index (κ1) is 18.3. The van der Waals surface area contributed by atoms with E-state index in [-0.39, 0.29) is 5.56 Å². The van der Waals surface area contributed by atoms with Crippen molar-refractivity contribution >= 4 is 17.6 Å². The fourth-order valence-electron chi connectivity index (χ4n) is 2.13. The maximum absolute atomic E-state index is 12.2. The predicted octanol–water partition coefficient (Wildman–Crippen LogP) is 3.20. The average molecular weight is 343 g/mol. The molecule has 0 unspecified atom stereocenters. The second-order valence-electron chi connectivity index (χ2n) is 5.47. The standard InChI is InChI=1S/C19H21NO5/c1-12-5-8-15(9-6-12)20-18(21)13(2)25-19(22)14-7-10-16(23-3)17(11-14)24-4/h5-11,13H,1-4H3,(H,20,21)/t13-/m0/s1. The highest BCUT2D eigenvalue weighted by Crippen LogP contribution is 2.27. The summed E-state index contributed by atoms with van der Waals surface area (Å²) < 4.78 is 15.5. The molecule has 0 aromatic heterocycles. The SMILES string of the molecule is COc1ccc(C(=O)O[C@@H](C)C(=O)Nc2ccc(C)cc2)cc1OC. The number of rotatable bonds is 6. The molecule has 0 bridgehead atoms. The Labute approximate surface area is 146 Å². The number of hydrogen-bond donors (Lipinski definition) is 1. The number of esters is 1. The van der Waals surface area contributed by atoms with Crippen LogP contribution >= 0.6 is 0 Å². The third-order valence-electron chi connectivity index (χ3n) is 3.59. The quantitative estimate of drug-likeness (QED) is 0.816. The molecule has 0 fully saturated rings. The van der Waals surface area contributed by atoms with Gasteiger partial charge in [0.2, 0.25) is 0 Å². The Morgan fingerprint density at radius 3 is 2.20 bits per heavy atom. The normalized spacial score (nSPS) is 11.4. The van der Waals surface area contributed by atoms with E-state index in [1.54, 1.807) is 24.3 Å². The van der Waals surface area contributed by atoms with E-state index < -0.39 is 18.0 Å². The van der Waals surface area contributed by atoms with Crippen LogP contribution in [0.5, 0.6) is 11.5 Å². The Morgan fingerprint density at radius 2 is 1.60 bits per heavy atom. The van der Waals surface area contributed by atoms with E-state index in [0.717, 1.165) is 5.56 Å². The van der Waals surface area contributed by atoms with Crippen LogP contribution in [0.15, 0.2) is 42.5 Å². The van der Waals surface area contributed by atoms with Gasteiger partial charge in [-0.2, -0.15) is 0 Å². The first-order chi connectivity index (χ1) is 11.9. The zero-order valence-corrected chi connectivity index (χ0v) is 14.7. The van der Waals surface area contributed by atoms with E-state index >= 15 is 0 Å². The summed E-state index contributed by atoms with van der Waals surface area (Å²) >= 11 is 0. The van der Waals surface area contributed by atoms with Crippen LogP contribution in [0.3, 0.4) is 0 Å². The molecular formula is C19H21NO5. The highest BCUT2D eigenvalue weighted by molar-refractivity contribution is 5.97. The predicted molar refractivity (Wildman–Crippen MR) is 94.2 cm³/mol. The molecule has 0 aliphatic rings. The Morgan fingerprint density at radius 1 is 0.960 bits per heavy atom. The number of benzene rings is 2. The Bertz CT molecular complexity index is 755. The van der Waals surface area contributed by atoms with Crippen LogP contribution in [-0.4, -0.2) is 32.2 Å². The molecule has 2 rings (SSSR count). The van der Waals surface area contributed by atoms with Crippen LogP contribution in [0, 0.1) is 6.92 Å². The van der Waals surface area contributed by atoms with Gasteiger partial charge < -0.3 is 19.5 Å². The Balaban J connectivity index is 2.01. The molecule has 25 heavy (non-hydrogen) atoms. The smallest absolute Gasteiger partial charge is 0.339 e. The van der Waals surface area contributed by atoms with Gasteiger partial charge in [0, 0.05) is 5.69 Å². The molecule has 1 atom stereocenters. The summed E-state index contributed by atoms with van der Waals surface area (Å²) in [4.78, 5) is 24.4. The lowest BCUT2D eigenvalue weighted by Gasteiger charge is -2.14. The number of nitrogens with one attached hydrogen (secondary N) is 1. The minimum absolute atomic E-state index is 0.271. The number of methoxy groups -OCH3 is 2. The molecule has 0 spiro atoms. The summed E-state index contributed by atoms with van der Waals surface area (Å²) in [7, 11) is 2.98. The van der Waals surface area contributed by atoms with Gasteiger partial charge in [-0.15, -0.1) is 0 Å². The van der Waals surface area contributed by atoms with Gasteiger partial charge in [0.25, 0.3) is 5.91 Å². The van der Waals surface area contributed by atoms with Crippen molar-refractivity contribution in [3.05, 3.63) is 53.6 Å². The first-order valence-electron chi connectivity index (χ1n) is 7.75. The van der Waals surface area contributed by atoms with Gasteiger partial charge in [0.05, 0.1) is 19.8 Å². The largest absolute Gasteiger partial charge is 0.493 e. The summed E-state index contributed by atoms with van der Waals surface area (Å²) in [5.74, 6) is -0.108. The zero-order valence-electron chi connectivity index (χ0n) is 14.7.